The predicted octanol–water partition coefficient (Wildman–Crippen LogP) is 5.73. The molecule has 2 aliphatic rings. The van der Waals surface area contributed by atoms with Crippen molar-refractivity contribution in [3.63, 3.8) is 0 Å². The number of anilines is 1. The van der Waals surface area contributed by atoms with Gasteiger partial charge in [-0.3, -0.25) is 9.69 Å². The average molecular weight is 450 g/mol. The molecule has 154 valence electrons. The van der Waals surface area contributed by atoms with E-state index in [4.69, 9.17) is 17.3 Å². The third-order valence-corrected chi connectivity index (χ3v) is 6.51. The summed E-state index contributed by atoms with van der Waals surface area (Å²) in [5.74, 6) is -0.771. The molecule has 1 aromatic carbocycles. The lowest BCUT2D eigenvalue weighted by Crippen LogP contribution is -2.38. The molecule has 2 N–H and O–H groups in total. The van der Waals surface area contributed by atoms with Crippen LogP contribution in [0.1, 0.15) is 35.6 Å². The van der Waals surface area contributed by atoms with Crippen LogP contribution in [0.5, 0.6) is 0 Å². The average Bonchev–Trinajstić information content (AvgIpc) is 3.22. The van der Waals surface area contributed by atoms with E-state index in [0.29, 0.717) is 30.5 Å². The summed E-state index contributed by atoms with van der Waals surface area (Å²) in [5.41, 5.74) is 6.49. The molecule has 0 unspecified atom stereocenters. The number of rotatable bonds is 2. The van der Waals surface area contributed by atoms with Crippen LogP contribution in [0, 0.1) is 11.3 Å². The van der Waals surface area contributed by atoms with Gasteiger partial charge in [-0.1, -0.05) is 17.7 Å². The number of nitriles is 1. The molecule has 0 saturated carbocycles. The van der Waals surface area contributed by atoms with Gasteiger partial charge in [0.25, 0.3) is 0 Å². The standard InChI is InChI=1S/C21H15ClF3N3OS/c22-13-7-6-11(21(23,24)25)9-15(13)28-14-3-1-4-16(29)19(14)18(12(10-26)20(28)27)17-5-2-8-30-17/h2,5-9,18H,1,3-4,27H2/t18-/m1/s1. The minimum atomic E-state index is -4.58. The molecular weight excluding hydrogens is 435 g/mol. The number of nitrogens with zero attached hydrogens (tertiary/aromatic N) is 2. The fourth-order valence-electron chi connectivity index (χ4n) is 3.96. The first kappa shape index (κ1) is 20.5. The fourth-order valence-corrected chi connectivity index (χ4v) is 5.01. The Labute approximate surface area is 179 Å². The summed E-state index contributed by atoms with van der Waals surface area (Å²) < 4.78 is 40.0. The van der Waals surface area contributed by atoms with Gasteiger partial charge in [0.05, 0.1) is 33.8 Å². The number of thiophene rings is 1. The molecule has 0 spiro atoms. The number of carbonyl (C=O) groups excluding carboxylic acids is 1. The van der Waals surface area contributed by atoms with Crippen LogP contribution < -0.4 is 10.6 Å². The molecule has 0 amide bonds. The summed E-state index contributed by atoms with van der Waals surface area (Å²) in [7, 11) is 0. The van der Waals surface area contributed by atoms with Crippen molar-refractivity contribution in [3.8, 4) is 6.07 Å². The maximum Gasteiger partial charge on any atom is 0.416 e. The van der Waals surface area contributed by atoms with E-state index in [1.807, 2.05) is 17.5 Å². The second-order valence-electron chi connectivity index (χ2n) is 7.00. The quantitative estimate of drug-likeness (QED) is 0.636. The van der Waals surface area contributed by atoms with Gasteiger partial charge in [-0.15, -0.1) is 11.3 Å². The van der Waals surface area contributed by atoms with Gasteiger partial charge < -0.3 is 5.73 Å². The Kier molecular flexibility index (Phi) is 5.12. The molecule has 0 bridgehead atoms. The first-order chi connectivity index (χ1) is 14.2. The number of hydrogen-bond acceptors (Lipinski definition) is 5. The molecule has 30 heavy (non-hydrogen) atoms. The normalized spacial score (nSPS) is 19.8. The highest BCUT2D eigenvalue weighted by atomic mass is 35.5. The van der Waals surface area contributed by atoms with E-state index in [0.717, 1.165) is 23.1 Å². The zero-order valence-electron chi connectivity index (χ0n) is 15.5. The number of allylic oxidation sites excluding steroid dienone is 3. The number of halogens is 4. The smallest absolute Gasteiger partial charge is 0.384 e. The van der Waals surface area contributed by atoms with E-state index in [1.165, 1.54) is 16.2 Å². The Balaban J connectivity index is 1.99. The number of alkyl halides is 3. The monoisotopic (exact) mass is 449 g/mol. The maximum absolute atomic E-state index is 13.3. The molecule has 4 nitrogen and oxygen atoms in total. The van der Waals surface area contributed by atoms with E-state index in [2.05, 4.69) is 6.07 Å². The topological polar surface area (TPSA) is 70.1 Å². The molecule has 0 fully saturated rings. The van der Waals surface area contributed by atoms with Gasteiger partial charge in [0.15, 0.2) is 5.78 Å². The third-order valence-electron chi connectivity index (χ3n) is 5.26. The zero-order chi connectivity index (χ0) is 21.6. The summed E-state index contributed by atoms with van der Waals surface area (Å²) in [6.45, 7) is 0. The first-order valence-corrected chi connectivity index (χ1v) is 10.4. The van der Waals surface area contributed by atoms with Crippen LogP contribution in [0.3, 0.4) is 0 Å². The third kappa shape index (κ3) is 3.28. The van der Waals surface area contributed by atoms with Gasteiger partial charge in [0.1, 0.15) is 5.82 Å². The van der Waals surface area contributed by atoms with Gasteiger partial charge in [0, 0.05) is 22.6 Å². The summed E-state index contributed by atoms with van der Waals surface area (Å²) in [4.78, 5) is 15.1. The number of carbonyl (C=O) groups is 1. The lowest BCUT2D eigenvalue weighted by molar-refractivity contribution is -0.137. The number of benzene rings is 1. The van der Waals surface area contributed by atoms with Gasteiger partial charge >= 0.3 is 6.18 Å². The minimum absolute atomic E-state index is 0.00331. The second kappa shape index (κ2) is 7.49. The summed E-state index contributed by atoms with van der Waals surface area (Å²) in [5, 5.41) is 11.7. The van der Waals surface area contributed by atoms with Crippen LogP contribution >= 0.6 is 22.9 Å². The van der Waals surface area contributed by atoms with Crippen LogP contribution in [0.15, 0.2) is 58.4 Å². The Morgan fingerprint density at radius 3 is 2.67 bits per heavy atom. The van der Waals surface area contributed by atoms with Crippen molar-refractivity contribution in [2.75, 3.05) is 4.90 Å². The Hall–Kier alpha value is -2.76. The van der Waals surface area contributed by atoms with E-state index in [-0.39, 0.29) is 27.9 Å². The second-order valence-corrected chi connectivity index (χ2v) is 8.38. The van der Waals surface area contributed by atoms with Crippen molar-refractivity contribution in [1.29, 1.82) is 5.26 Å². The van der Waals surface area contributed by atoms with Crippen LogP contribution in [-0.4, -0.2) is 5.78 Å². The van der Waals surface area contributed by atoms with E-state index in [1.54, 1.807) is 0 Å². The first-order valence-electron chi connectivity index (χ1n) is 9.10. The van der Waals surface area contributed by atoms with Crippen LogP contribution in [-0.2, 0) is 11.0 Å². The minimum Gasteiger partial charge on any atom is -0.384 e. The largest absolute Gasteiger partial charge is 0.416 e. The zero-order valence-corrected chi connectivity index (χ0v) is 17.0. The van der Waals surface area contributed by atoms with Crippen LogP contribution in [0.25, 0.3) is 0 Å². The molecule has 0 radical (unpaired) electrons. The predicted molar refractivity (Wildman–Crippen MR) is 109 cm³/mol. The van der Waals surface area contributed by atoms with Crippen LogP contribution in [0.4, 0.5) is 18.9 Å². The van der Waals surface area contributed by atoms with Crippen LogP contribution in [0.2, 0.25) is 5.02 Å². The maximum atomic E-state index is 13.3. The van der Waals surface area contributed by atoms with E-state index in [9.17, 15) is 23.2 Å². The number of ketones is 1. The van der Waals surface area contributed by atoms with Crippen molar-refractivity contribution >= 4 is 34.4 Å². The lowest BCUT2D eigenvalue weighted by atomic mass is 9.78. The molecule has 2 aromatic rings. The molecule has 0 saturated heterocycles. The van der Waals surface area contributed by atoms with Crippen molar-refractivity contribution in [3.05, 3.63) is 73.8 Å². The highest BCUT2D eigenvalue weighted by Crippen LogP contribution is 2.48. The molecular formula is C21H15ClF3N3OS. The highest BCUT2D eigenvalue weighted by molar-refractivity contribution is 7.10. The number of Topliss-reactive ketones (excluding diaryl/α,β-unsaturated/α-hetero) is 1. The molecule has 4 rings (SSSR count). The number of nitrogens with two attached hydrogens (primary N) is 1. The summed E-state index contributed by atoms with van der Waals surface area (Å²) >= 11 is 7.66. The SMILES string of the molecule is N#CC1=C(N)N(c2cc(C(F)(F)F)ccc2Cl)C2=C(C(=O)CCC2)[C@H]1c1cccs1. The molecule has 1 aliphatic carbocycles. The van der Waals surface area contributed by atoms with Gasteiger partial charge in [0.2, 0.25) is 0 Å². The molecule has 1 aromatic heterocycles. The van der Waals surface area contributed by atoms with Gasteiger partial charge in [-0.05, 0) is 42.5 Å². The summed E-state index contributed by atoms with van der Waals surface area (Å²) in [6.07, 6.45) is -3.29. The van der Waals surface area contributed by atoms with Crippen molar-refractivity contribution in [1.82, 2.24) is 0 Å². The van der Waals surface area contributed by atoms with Crippen molar-refractivity contribution in [2.45, 2.75) is 31.4 Å². The fraction of sp³-hybridized carbons (Fsp3) is 0.238. The van der Waals surface area contributed by atoms with Gasteiger partial charge in [-0.25, -0.2) is 0 Å². The van der Waals surface area contributed by atoms with E-state index < -0.39 is 17.7 Å². The summed E-state index contributed by atoms with van der Waals surface area (Å²) in [6, 6.07) is 8.65. The molecule has 1 aliphatic heterocycles. The Morgan fingerprint density at radius 1 is 1.27 bits per heavy atom. The lowest BCUT2D eigenvalue weighted by Gasteiger charge is -2.39. The molecule has 9 heteroatoms. The van der Waals surface area contributed by atoms with E-state index >= 15 is 0 Å². The Morgan fingerprint density at radius 2 is 2.03 bits per heavy atom. The molecule has 1 atom stereocenters. The van der Waals surface area contributed by atoms with Crippen molar-refractivity contribution in [2.24, 2.45) is 5.73 Å². The highest BCUT2D eigenvalue weighted by Gasteiger charge is 2.41. The van der Waals surface area contributed by atoms with Crippen molar-refractivity contribution < 1.29 is 18.0 Å². The molecule has 2 heterocycles. The van der Waals surface area contributed by atoms with Gasteiger partial charge in [-0.2, -0.15) is 18.4 Å². The Bertz CT molecular complexity index is 1130. The number of hydrogen-bond donors (Lipinski definition) is 1.